The molecular weight excluding hydrogens is 340 g/mol. The van der Waals surface area contributed by atoms with Crippen LogP contribution in [0.2, 0.25) is 0 Å². The molecule has 0 unspecified atom stereocenters. The van der Waals surface area contributed by atoms with Crippen LogP contribution in [0.4, 0.5) is 17.2 Å². The van der Waals surface area contributed by atoms with Crippen molar-refractivity contribution < 1.29 is 4.74 Å². The summed E-state index contributed by atoms with van der Waals surface area (Å²) in [4.78, 5) is 8.51. The van der Waals surface area contributed by atoms with Gasteiger partial charge in [0.2, 0.25) is 0 Å². The van der Waals surface area contributed by atoms with Crippen LogP contribution < -0.4 is 10.6 Å². The van der Waals surface area contributed by atoms with Crippen molar-refractivity contribution in [3.05, 3.63) is 60.3 Å². The molecule has 3 heterocycles. The number of benzene rings is 1. The van der Waals surface area contributed by atoms with Crippen LogP contribution in [0, 0.1) is 19.3 Å². The molecule has 0 spiro atoms. The molecule has 2 N–H and O–H groups in total. The zero-order valence-corrected chi connectivity index (χ0v) is 15.6. The molecule has 2 aromatic heterocycles. The van der Waals surface area contributed by atoms with Crippen molar-refractivity contribution in [1.82, 2.24) is 19.7 Å². The summed E-state index contributed by atoms with van der Waals surface area (Å²) in [7, 11) is 0. The number of ether oxygens (including phenoxy) is 1. The Morgan fingerprint density at radius 2 is 2.07 bits per heavy atom. The molecule has 0 saturated carbocycles. The second kappa shape index (κ2) is 7.36. The molecule has 140 valence electrons. The van der Waals surface area contributed by atoms with E-state index in [0.717, 1.165) is 49.2 Å². The predicted octanol–water partition coefficient (Wildman–Crippen LogP) is 3.16. The van der Waals surface area contributed by atoms with Gasteiger partial charge in [0.1, 0.15) is 18.5 Å². The third-order valence-electron chi connectivity index (χ3n) is 4.82. The van der Waals surface area contributed by atoms with Gasteiger partial charge in [0.25, 0.3) is 0 Å². The highest BCUT2D eigenvalue weighted by molar-refractivity contribution is 5.63. The van der Waals surface area contributed by atoms with E-state index in [1.165, 1.54) is 5.56 Å². The predicted molar refractivity (Wildman–Crippen MR) is 105 cm³/mol. The van der Waals surface area contributed by atoms with E-state index < -0.39 is 0 Å². The largest absolute Gasteiger partial charge is 0.384 e. The summed E-state index contributed by atoms with van der Waals surface area (Å²) >= 11 is 0. The van der Waals surface area contributed by atoms with E-state index in [1.54, 1.807) is 12.7 Å². The quantitative estimate of drug-likeness (QED) is 0.671. The van der Waals surface area contributed by atoms with Crippen LogP contribution in [0.25, 0.3) is 0 Å². The fourth-order valence-electron chi connectivity index (χ4n) is 3.28. The van der Waals surface area contributed by atoms with Crippen LogP contribution >= 0.6 is 0 Å². The summed E-state index contributed by atoms with van der Waals surface area (Å²) in [6, 6.07) is 12.3. The molecule has 1 aliphatic rings. The van der Waals surface area contributed by atoms with Crippen LogP contribution in [0.15, 0.2) is 49.1 Å². The Morgan fingerprint density at radius 1 is 1.19 bits per heavy atom. The molecule has 0 aliphatic carbocycles. The van der Waals surface area contributed by atoms with Crippen LogP contribution in [0.5, 0.6) is 0 Å². The van der Waals surface area contributed by atoms with Crippen molar-refractivity contribution in [1.29, 1.82) is 0 Å². The van der Waals surface area contributed by atoms with Crippen LogP contribution in [-0.4, -0.2) is 39.5 Å². The first kappa shape index (κ1) is 17.5. The Kier molecular flexibility index (Phi) is 4.77. The molecule has 1 aromatic carbocycles. The minimum atomic E-state index is 0.0581. The van der Waals surface area contributed by atoms with Crippen molar-refractivity contribution >= 4 is 17.2 Å². The van der Waals surface area contributed by atoms with Gasteiger partial charge in [-0.2, -0.15) is 5.10 Å². The summed E-state index contributed by atoms with van der Waals surface area (Å²) in [6.07, 6.45) is 3.32. The molecule has 1 aliphatic heterocycles. The molecule has 0 radical (unpaired) electrons. The average molecular weight is 364 g/mol. The van der Waals surface area contributed by atoms with Gasteiger partial charge in [-0.05, 0) is 49.7 Å². The third-order valence-corrected chi connectivity index (χ3v) is 4.82. The van der Waals surface area contributed by atoms with E-state index in [4.69, 9.17) is 4.74 Å². The molecule has 1 saturated heterocycles. The van der Waals surface area contributed by atoms with Crippen molar-refractivity contribution in [2.45, 2.75) is 20.4 Å². The molecular formula is C20H24N6O. The maximum Gasteiger partial charge on any atom is 0.137 e. The lowest BCUT2D eigenvalue weighted by Crippen LogP contribution is -2.50. The van der Waals surface area contributed by atoms with Gasteiger partial charge in [-0.3, -0.25) is 4.68 Å². The number of nitrogens with zero attached hydrogens (tertiary/aromatic N) is 4. The Hall–Kier alpha value is -2.93. The van der Waals surface area contributed by atoms with Gasteiger partial charge >= 0.3 is 0 Å². The van der Waals surface area contributed by atoms with Gasteiger partial charge in [-0.25, -0.2) is 9.97 Å². The summed E-state index contributed by atoms with van der Waals surface area (Å²) in [5.74, 6) is 0.855. The van der Waals surface area contributed by atoms with Gasteiger partial charge in [0.05, 0.1) is 25.2 Å². The molecule has 0 amide bonds. The number of hydrogen-bond acceptors (Lipinski definition) is 6. The van der Waals surface area contributed by atoms with E-state index in [2.05, 4.69) is 50.8 Å². The third kappa shape index (κ3) is 4.09. The van der Waals surface area contributed by atoms with E-state index in [1.807, 2.05) is 29.8 Å². The second-order valence-electron chi connectivity index (χ2n) is 7.26. The van der Waals surface area contributed by atoms with Gasteiger partial charge in [0, 0.05) is 23.6 Å². The standard InChI is InChI=1S/C20H24N6O/c1-15-8-17(25-19-5-3-4-16(2)24-19)6-7-18(15)22-9-20(11-27-12-20)10-26-14-21-13-23-26/h3-8,13-14,22H,9-12H2,1-2H3,(H,24,25). The number of hydrogen-bond donors (Lipinski definition) is 2. The molecule has 0 atom stereocenters. The maximum absolute atomic E-state index is 5.48. The lowest BCUT2D eigenvalue weighted by molar-refractivity contribution is -0.114. The zero-order valence-electron chi connectivity index (χ0n) is 15.6. The highest BCUT2D eigenvalue weighted by Crippen LogP contribution is 2.31. The number of rotatable bonds is 7. The number of anilines is 3. The van der Waals surface area contributed by atoms with Crippen LogP contribution in [0.3, 0.4) is 0 Å². The lowest BCUT2D eigenvalue weighted by atomic mass is 9.85. The monoisotopic (exact) mass is 364 g/mol. The number of aryl methyl sites for hydroxylation is 2. The molecule has 0 bridgehead atoms. The Morgan fingerprint density at radius 3 is 2.74 bits per heavy atom. The summed E-state index contributed by atoms with van der Waals surface area (Å²) in [6.45, 7) is 7.20. The second-order valence-corrected chi connectivity index (χ2v) is 7.26. The van der Waals surface area contributed by atoms with E-state index >= 15 is 0 Å². The van der Waals surface area contributed by atoms with Gasteiger partial charge in [-0.15, -0.1) is 0 Å². The van der Waals surface area contributed by atoms with Gasteiger partial charge < -0.3 is 15.4 Å². The fourth-order valence-corrected chi connectivity index (χ4v) is 3.28. The number of pyridine rings is 1. The van der Waals surface area contributed by atoms with E-state index in [-0.39, 0.29) is 5.41 Å². The molecule has 7 nitrogen and oxygen atoms in total. The number of aromatic nitrogens is 4. The van der Waals surface area contributed by atoms with E-state index in [0.29, 0.717) is 0 Å². The smallest absolute Gasteiger partial charge is 0.137 e. The highest BCUT2D eigenvalue weighted by atomic mass is 16.5. The molecule has 27 heavy (non-hydrogen) atoms. The van der Waals surface area contributed by atoms with E-state index in [9.17, 15) is 0 Å². The first-order chi connectivity index (χ1) is 13.1. The summed E-state index contributed by atoms with van der Waals surface area (Å²) < 4.78 is 7.36. The number of nitrogens with one attached hydrogen (secondary N) is 2. The van der Waals surface area contributed by atoms with Crippen molar-refractivity contribution in [3.63, 3.8) is 0 Å². The highest BCUT2D eigenvalue weighted by Gasteiger charge is 2.39. The lowest BCUT2D eigenvalue weighted by Gasteiger charge is -2.41. The normalized spacial score (nSPS) is 15.2. The molecule has 7 heteroatoms. The summed E-state index contributed by atoms with van der Waals surface area (Å²) in [5.41, 5.74) is 4.39. The van der Waals surface area contributed by atoms with Crippen molar-refractivity contribution in [2.24, 2.45) is 5.41 Å². The van der Waals surface area contributed by atoms with Crippen LogP contribution in [-0.2, 0) is 11.3 Å². The Bertz CT molecular complexity index is 905. The Balaban J connectivity index is 1.40. The van der Waals surface area contributed by atoms with Crippen molar-refractivity contribution in [3.8, 4) is 0 Å². The molecule has 4 rings (SSSR count). The van der Waals surface area contributed by atoms with Gasteiger partial charge in [0.15, 0.2) is 0 Å². The van der Waals surface area contributed by atoms with Crippen LogP contribution in [0.1, 0.15) is 11.3 Å². The van der Waals surface area contributed by atoms with Gasteiger partial charge in [-0.1, -0.05) is 6.07 Å². The fraction of sp³-hybridized carbons (Fsp3) is 0.350. The Labute approximate surface area is 158 Å². The van der Waals surface area contributed by atoms with Crippen molar-refractivity contribution in [2.75, 3.05) is 30.4 Å². The SMILES string of the molecule is Cc1cccc(Nc2ccc(NCC3(Cn4cncn4)COC3)c(C)c2)n1. The minimum absolute atomic E-state index is 0.0581. The zero-order chi connectivity index (χ0) is 18.7. The minimum Gasteiger partial charge on any atom is -0.384 e. The first-order valence-electron chi connectivity index (χ1n) is 9.07. The summed E-state index contributed by atoms with van der Waals surface area (Å²) in [5, 5.41) is 11.2. The maximum atomic E-state index is 5.48. The topological polar surface area (TPSA) is 76.9 Å². The first-order valence-corrected chi connectivity index (χ1v) is 9.07. The molecule has 3 aromatic rings. The molecule has 1 fully saturated rings. The average Bonchev–Trinajstić information content (AvgIpc) is 3.11.